The lowest BCUT2D eigenvalue weighted by molar-refractivity contribution is -0.133. The predicted octanol–water partition coefficient (Wildman–Crippen LogP) is 2.94. The van der Waals surface area contributed by atoms with E-state index in [4.69, 9.17) is 5.11 Å². The van der Waals surface area contributed by atoms with Crippen molar-refractivity contribution < 1.29 is 19.5 Å². The van der Waals surface area contributed by atoms with Gasteiger partial charge in [-0.25, -0.2) is 0 Å². The molecule has 2 aromatic carbocycles. The van der Waals surface area contributed by atoms with E-state index in [1.54, 1.807) is 31.3 Å². The van der Waals surface area contributed by atoms with E-state index >= 15 is 0 Å². The van der Waals surface area contributed by atoms with Crippen LogP contribution in [0.1, 0.15) is 27.9 Å². The van der Waals surface area contributed by atoms with Gasteiger partial charge < -0.3 is 15.7 Å². The van der Waals surface area contributed by atoms with Crippen LogP contribution in [-0.4, -0.2) is 35.7 Å². The van der Waals surface area contributed by atoms with Crippen LogP contribution in [0.3, 0.4) is 0 Å². The number of aryl methyl sites for hydroxylation is 1. The maximum Gasteiger partial charge on any atom is 0.313 e. The molecule has 2 aromatic rings. The molecule has 0 atom stereocenters. The highest BCUT2D eigenvalue weighted by molar-refractivity contribution is 7.99. The number of hydrogen-bond donors (Lipinski definition) is 3. The number of aliphatic carboxylic acids is 1. The van der Waals surface area contributed by atoms with Crippen molar-refractivity contribution in [3.63, 3.8) is 0 Å². The molecule has 142 valence electrons. The first-order valence-corrected chi connectivity index (χ1v) is 9.62. The Labute approximate surface area is 162 Å². The topological polar surface area (TPSA) is 95.5 Å². The minimum Gasteiger partial charge on any atom is -0.481 e. The molecule has 0 bridgehead atoms. The Hall–Kier alpha value is -2.80. The van der Waals surface area contributed by atoms with Crippen molar-refractivity contribution in [1.82, 2.24) is 5.32 Å². The first-order chi connectivity index (χ1) is 13.0. The SMILES string of the molecule is CNC(=O)c1cccc(CCC(=O)Nc2cccc(CSCC(=O)O)c2)c1. The molecule has 3 N–H and O–H groups in total. The van der Waals surface area contributed by atoms with Crippen LogP contribution in [0, 0.1) is 0 Å². The zero-order valence-corrected chi connectivity index (χ0v) is 15.8. The van der Waals surface area contributed by atoms with E-state index < -0.39 is 5.97 Å². The number of amides is 2. The lowest BCUT2D eigenvalue weighted by atomic mass is 10.1. The number of anilines is 1. The van der Waals surface area contributed by atoms with Gasteiger partial charge in [0, 0.05) is 30.5 Å². The van der Waals surface area contributed by atoms with Crippen LogP contribution in [0.4, 0.5) is 5.69 Å². The Morgan fingerprint density at radius 1 is 1.04 bits per heavy atom. The van der Waals surface area contributed by atoms with Crippen LogP contribution in [0.2, 0.25) is 0 Å². The molecule has 2 amide bonds. The monoisotopic (exact) mass is 386 g/mol. The van der Waals surface area contributed by atoms with Gasteiger partial charge >= 0.3 is 5.97 Å². The second-order valence-corrected chi connectivity index (χ2v) is 6.90. The third-order valence-corrected chi connectivity index (χ3v) is 4.75. The molecule has 0 aliphatic heterocycles. The van der Waals surface area contributed by atoms with E-state index in [-0.39, 0.29) is 17.6 Å². The lowest BCUT2D eigenvalue weighted by Crippen LogP contribution is -2.18. The zero-order chi connectivity index (χ0) is 19.6. The summed E-state index contributed by atoms with van der Waals surface area (Å²) in [6.45, 7) is 0. The highest BCUT2D eigenvalue weighted by Crippen LogP contribution is 2.17. The number of carbonyl (C=O) groups excluding carboxylic acids is 2. The van der Waals surface area contributed by atoms with Crippen molar-refractivity contribution in [2.24, 2.45) is 0 Å². The van der Waals surface area contributed by atoms with E-state index in [0.717, 1.165) is 11.1 Å². The zero-order valence-electron chi connectivity index (χ0n) is 15.0. The third-order valence-electron chi connectivity index (χ3n) is 3.76. The number of nitrogens with one attached hydrogen (secondary N) is 2. The molecule has 0 aliphatic rings. The summed E-state index contributed by atoms with van der Waals surface area (Å²) in [4.78, 5) is 34.4. The van der Waals surface area contributed by atoms with E-state index in [0.29, 0.717) is 29.8 Å². The average Bonchev–Trinajstić information content (AvgIpc) is 2.66. The molecule has 7 heteroatoms. The van der Waals surface area contributed by atoms with Gasteiger partial charge in [-0.05, 0) is 41.8 Å². The molecule has 2 rings (SSSR count). The second kappa shape index (κ2) is 10.4. The molecule has 0 aliphatic carbocycles. The molecular weight excluding hydrogens is 364 g/mol. The quantitative estimate of drug-likeness (QED) is 0.616. The molecule has 0 saturated heterocycles. The van der Waals surface area contributed by atoms with Crippen molar-refractivity contribution in [2.45, 2.75) is 18.6 Å². The number of carboxylic acid groups (broad SMARTS) is 1. The van der Waals surface area contributed by atoms with E-state index in [2.05, 4.69) is 10.6 Å². The summed E-state index contributed by atoms with van der Waals surface area (Å²) in [5, 5.41) is 14.1. The van der Waals surface area contributed by atoms with Crippen LogP contribution in [-0.2, 0) is 21.8 Å². The lowest BCUT2D eigenvalue weighted by Gasteiger charge is -2.08. The second-order valence-electron chi connectivity index (χ2n) is 5.91. The summed E-state index contributed by atoms with van der Waals surface area (Å²) in [7, 11) is 1.58. The largest absolute Gasteiger partial charge is 0.481 e. The van der Waals surface area contributed by atoms with Crippen LogP contribution in [0.15, 0.2) is 48.5 Å². The maximum atomic E-state index is 12.2. The number of thioether (sulfide) groups is 1. The molecule has 0 unspecified atom stereocenters. The van der Waals surface area contributed by atoms with Crippen LogP contribution >= 0.6 is 11.8 Å². The maximum absolute atomic E-state index is 12.2. The fraction of sp³-hybridized carbons (Fsp3) is 0.250. The molecule has 0 radical (unpaired) electrons. The van der Waals surface area contributed by atoms with Crippen molar-refractivity contribution in [1.29, 1.82) is 0 Å². The first kappa shape index (κ1) is 20.5. The summed E-state index contributed by atoms with van der Waals surface area (Å²) < 4.78 is 0. The summed E-state index contributed by atoms with van der Waals surface area (Å²) in [6, 6.07) is 14.6. The van der Waals surface area contributed by atoms with Crippen LogP contribution in [0.25, 0.3) is 0 Å². The van der Waals surface area contributed by atoms with Gasteiger partial charge in [-0.15, -0.1) is 11.8 Å². The Morgan fingerprint density at radius 2 is 1.78 bits per heavy atom. The molecule has 6 nitrogen and oxygen atoms in total. The van der Waals surface area contributed by atoms with Crippen molar-refractivity contribution in [3.8, 4) is 0 Å². The van der Waals surface area contributed by atoms with E-state index in [1.165, 1.54) is 11.8 Å². The minimum absolute atomic E-state index is 0.0473. The van der Waals surface area contributed by atoms with Gasteiger partial charge in [0.2, 0.25) is 5.91 Å². The van der Waals surface area contributed by atoms with Crippen molar-refractivity contribution in [2.75, 3.05) is 18.1 Å². The number of carboxylic acids is 1. The molecular formula is C20H22N2O4S. The fourth-order valence-corrected chi connectivity index (χ4v) is 3.18. The average molecular weight is 386 g/mol. The molecule has 0 fully saturated rings. The Bertz CT molecular complexity index is 823. The standard InChI is InChI=1S/C20H22N2O4S/c1-21-20(26)16-6-2-4-14(10-16)8-9-18(23)22-17-7-3-5-15(11-17)12-27-13-19(24)25/h2-7,10-11H,8-9,12-13H2,1H3,(H,21,26)(H,22,23)(H,24,25). The number of rotatable bonds is 9. The number of carbonyl (C=O) groups is 3. The van der Waals surface area contributed by atoms with Crippen molar-refractivity contribution >= 4 is 35.2 Å². The van der Waals surface area contributed by atoms with E-state index in [9.17, 15) is 14.4 Å². The minimum atomic E-state index is -0.843. The van der Waals surface area contributed by atoms with Gasteiger partial charge in [0.05, 0.1) is 5.75 Å². The first-order valence-electron chi connectivity index (χ1n) is 8.47. The molecule has 27 heavy (non-hydrogen) atoms. The fourth-order valence-electron chi connectivity index (χ4n) is 2.49. The van der Waals surface area contributed by atoms with Gasteiger partial charge in [-0.2, -0.15) is 0 Å². The molecule has 0 saturated carbocycles. The number of benzene rings is 2. The van der Waals surface area contributed by atoms with Gasteiger partial charge in [-0.1, -0.05) is 24.3 Å². The van der Waals surface area contributed by atoms with Crippen LogP contribution < -0.4 is 10.6 Å². The molecule has 0 aromatic heterocycles. The van der Waals surface area contributed by atoms with Gasteiger partial charge in [0.15, 0.2) is 0 Å². The third kappa shape index (κ3) is 7.15. The summed E-state index contributed by atoms with van der Waals surface area (Å²) in [6.07, 6.45) is 0.833. The summed E-state index contributed by atoms with van der Waals surface area (Å²) in [5.41, 5.74) is 3.14. The normalized spacial score (nSPS) is 10.3. The highest BCUT2D eigenvalue weighted by Gasteiger charge is 2.07. The van der Waals surface area contributed by atoms with Crippen molar-refractivity contribution in [3.05, 3.63) is 65.2 Å². The van der Waals surface area contributed by atoms with Crippen LogP contribution in [0.5, 0.6) is 0 Å². The smallest absolute Gasteiger partial charge is 0.313 e. The Kier molecular flexibility index (Phi) is 7.88. The van der Waals surface area contributed by atoms with Gasteiger partial charge in [0.1, 0.15) is 0 Å². The van der Waals surface area contributed by atoms with E-state index in [1.807, 2.05) is 24.3 Å². The Morgan fingerprint density at radius 3 is 2.52 bits per heavy atom. The molecule has 0 spiro atoms. The number of hydrogen-bond acceptors (Lipinski definition) is 4. The summed E-state index contributed by atoms with van der Waals surface area (Å²) >= 11 is 1.31. The van der Waals surface area contributed by atoms with Gasteiger partial charge in [-0.3, -0.25) is 14.4 Å². The predicted molar refractivity (Wildman–Crippen MR) is 107 cm³/mol. The Balaban J connectivity index is 1.87. The highest BCUT2D eigenvalue weighted by atomic mass is 32.2. The summed E-state index contributed by atoms with van der Waals surface area (Å²) in [5.74, 6) is -0.493. The van der Waals surface area contributed by atoms with Gasteiger partial charge in [0.25, 0.3) is 5.91 Å². The molecule has 0 heterocycles.